The van der Waals surface area contributed by atoms with Crippen LogP contribution in [0, 0.1) is 12.8 Å². The summed E-state index contributed by atoms with van der Waals surface area (Å²) in [4.78, 5) is 0. The van der Waals surface area contributed by atoms with Gasteiger partial charge in [0.15, 0.2) is 0 Å². The van der Waals surface area contributed by atoms with E-state index in [1.807, 2.05) is 25.1 Å². The molecule has 0 radical (unpaired) electrons. The summed E-state index contributed by atoms with van der Waals surface area (Å²) in [5.74, 6) is 1.47. The second kappa shape index (κ2) is 7.18. The van der Waals surface area contributed by atoms with E-state index in [0.29, 0.717) is 11.6 Å². The van der Waals surface area contributed by atoms with Gasteiger partial charge in [-0.1, -0.05) is 20.3 Å². The Morgan fingerprint density at radius 1 is 1.19 bits per heavy atom. The summed E-state index contributed by atoms with van der Waals surface area (Å²) in [6.07, 6.45) is 1.12. The van der Waals surface area contributed by atoms with Gasteiger partial charge in [-0.25, -0.2) is 0 Å². The van der Waals surface area contributed by atoms with Gasteiger partial charge in [0.2, 0.25) is 0 Å². The zero-order chi connectivity index (χ0) is 15.2. The fourth-order valence-corrected chi connectivity index (χ4v) is 1.92. The van der Waals surface area contributed by atoms with E-state index in [2.05, 4.69) is 30.1 Å². The number of benzene rings is 1. The number of aryl methyl sites for hydroxylation is 1. The Morgan fingerprint density at radius 3 is 2.57 bits per heavy atom. The van der Waals surface area contributed by atoms with E-state index in [-0.39, 0.29) is 6.61 Å². The quantitative estimate of drug-likeness (QED) is 0.884. The summed E-state index contributed by atoms with van der Waals surface area (Å²) in [5, 5.41) is 17.1. The molecule has 4 heteroatoms. The molecule has 1 N–H and O–H groups in total. The Kier molecular flexibility index (Phi) is 5.28. The molecule has 1 aromatic carbocycles. The summed E-state index contributed by atoms with van der Waals surface area (Å²) < 4.78 is 5.85. The smallest absolute Gasteiger partial charge is 0.122 e. The number of aromatic nitrogens is 2. The first-order valence-corrected chi connectivity index (χ1v) is 7.31. The molecule has 21 heavy (non-hydrogen) atoms. The van der Waals surface area contributed by atoms with Crippen molar-refractivity contribution in [3.05, 3.63) is 41.6 Å². The molecule has 0 aliphatic heterocycles. The van der Waals surface area contributed by atoms with Crippen molar-refractivity contribution in [1.82, 2.24) is 10.2 Å². The maximum atomic E-state index is 8.98. The van der Waals surface area contributed by atoms with Gasteiger partial charge in [-0.15, -0.1) is 0 Å². The summed E-state index contributed by atoms with van der Waals surface area (Å²) in [7, 11) is 0. The van der Waals surface area contributed by atoms with Crippen LogP contribution >= 0.6 is 0 Å². The molecule has 0 amide bonds. The molecule has 0 spiro atoms. The van der Waals surface area contributed by atoms with Crippen molar-refractivity contribution in [2.24, 2.45) is 5.92 Å². The van der Waals surface area contributed by atoms with Gasteiger partial charge < -0.3 is 9.84 Å². The lowest BCUT2D eigenvalue weighted by Gasteiger charge is -2.13. The van der Waals surface area contributed by atoms with Gasteiger partial charge in [-0.2, -0.15) is 10.2 Å². The third kappa shape index (κ3) is 4.02. The monoisotopic (exact) mass is 286 g/mol. The molecule has 1 aromatic heterocycles. The first-order valence-electron chi connectivity index (χ1n) is 7.31. The number of aliphatic hydroxyl groups excluding tert-OH is 1. The maximum Gasteiger partial charge on any atom is 0.122 e. The highest BCUT2D eigenvalue weighted by Gasteiger charge is 2.07. The minimum Gasteiger partial charge on any atom is -0.493 e. The highest BCUT2D eigenvalue weighted by Crippen LogP contribution is 2.25. The maximum absolute atomic E-state index is 8.98. The van der Waals surface area contributed by atoms with Crippen molar-refractivity contribution in [1.29, 1.82) is 0 Å². The van der Waals surface area contributed by atoms with Crippen LogP contribution in [0.5, 0.6) is 5.75 Å². The Hall–Kier alpha value is -1.94. The molecule has 1 atom stereocenters. The zero-order valence-electron chi connectivity index (χ0n) is 12.8. The van der Waals surface area contributed by atoms with E-state index in [9.17, 15) is 0 Å². The molecular weight excluding hydrogens is 264 g/mol. The summed E-state index contributed by atoms with van der Waals surface area (Å²) in [6.45, 7) is 7.03. The topological polar surface area (TPSA) is 55.2 Å². The van der Waals surface area contributed by atoms with Crippen LogP contribution in [0.15, 0.2) is 30.3 Å². The predicted octanol–water partition coefficient (Wildman–Crippen LogP) is 3.37. The van der Waals surface area contributed by atoms with Crippen molar-refractivity contribution in [2.75, 3.05) is 6.61 Å². The molecular formula is C17H22N2O2. The predicted molar refractivity (Wildman–Crippen MR) is 83.1 cm³/mol. The Morgan fingerprint density at radius 2 is 2.00 bits per heavy atom. The minimum absolute atomic E-state index is 0.0886. The molecule has 0 saturated heterocycles. The van der Waals surface area contributed by atoms with Crippen molar-refractivity contribution in [3.8, 4) is 17.0 Å². The number of aliphatic hydroxyl groups is 1. The highest BCUT2D eigenvalue weighted by atomic mass is 16.5. The summed E-state index contributed by atoms with van der Waals surface area (Å²) >= 11 is 0. The third-order valence-corrected chi connectivity index (χ3v) is 3.57. The Labute approximate surface area is 125 Å². The van der Waals surface area contributed by atoms with E-state index < -0.39 is 0 Å². The van der Waals surface area contributed by atoms with Crippen molar-refractivity contribution < 1.29 is 9.84 Å². The molecule has 0 saturated carbocycles. The van der Waals surface area contributed by atoms with E-state index in [0.717, 1.165) is 35.6 Å². The van der Waals surface area contributed by atoms with Gasteiger partial charge in [0, 0.05) is 5.56 Å². The largest absolute Gasteiger partial charge is 0.493 e. The van der Waals surface area contributed by atoms with Gasteiger partial charge >= 0.3 is 0 Å². The summed E-state index contributed by atoms with van der Waals surface area (Å²) in [5.41, 5.74) is 3.46. The Bertz CT molecular complexity index is 582. The molecule has 0 aliphatic rings. The first-order chi connectivity index (χ1) is 10.1. The molecule has 4 nitrogen and oxygen atoms in total. The molecule has 0 aliphatic carbocycles. The van der Waals surface area contributed by atoms with E-state index in [1.54, 1.807) is 6.07 Å². The number of hydrogen-bond donors (Lipinski definition) is 1. The fourth-order valence-electron chi connectivity index (χ4n) is 1.92. The molecule has 0 fully saturated rings. The molecule has 1 unspecified atom stereocenters. The summed E-state index contributed by atoms with van der Waals surface area (Å²) in [6, 6.07) is 9.67. The lowest BCUT2D eigenvalue weighted by molar-refractivity contribution is 0.255. The van der Waals surface area contributed by atoms with Gasteiger partial charge in [0.1, 0.15) is 5.75 Å². The van der Waals surface area contributed by atoms with Crippen LogP contribution in [-0.4, -0.2) is 21.9 Å². The van der Waals surface area contributed by atoms with E-state index in [1.165, 1.54) is 0 Å². The van der Waals surface area contributed by atoms with Crippen molar-refractivity contribution in [3.63, 3.8) is 0 Å². The standard InChI is InChI=1S/C17H22N2O2/c1-4-12(2)11-21-17-8-5-14(9-13(17)3)16-7-6-15(10-20)18-19-16/h5-9,12,20H,4,10-11H2,1-3H3. The number of hydrogen-bond acceptors (Lipinski definition) is 4. The van der Waals surface area contributed by atoms with Gasteiger partial charge in [-0.05, 0) is 48.7 Å². The van der Waals surface area contributed by atoms with E-state index in [4.69, 9.17) is 9.84 Å². The van der Waals surface area contributed by atoms with Gasteiger partial charge in [0.25, 0.3) is 0 Å². The second-order valence-electron chi connectivity index (χ2n) is 5.37. The normalized spacial score (nSPS) is 12.2. The van der Waals surface area contributed by atoms with Crippen LogP contribution in [0.2, 0.25) is 0 Å². The average molecular weight is 286 g/mol. The molecule has 112 valence electrons. The third-order valence-electron chi connectivity index (χ3n) is 3.57. The SMILES string of the molecule is CCC(C)COc1ccc(-c2ccc(CO)nn2)cc1C. The highest BCUT2D eigenvalue weighted by molar-refractivity contribution is 5.61. The lowest BCUT2D eigenvalue weighted by atomic mass is 10.1. The number of rotatable bonds is 6. The second-order valence-corrected chi connectivity index (χ2v) is 5.37. The van der Waals surface area contributed by atoms with Gasteiger partial charge in [0.05, 0.1) is 24.6 Å². The lowest BCUT2D eigenvalue weighted by Crippen LogP contribution is -2.08. The van der Waals surface area contributed by atoms with Gasteiger partial charge in [-0.3, -0.25) is 0 Å². The molecule has 2 aromatic rings. The van der Waals surface area contributed by atoms with Crippen LogP contribution in [0.3, 0.4) is 0 Å². The fraction of sp³-hybridized carbons (Fsp3) is 0.412. The first kappa shape index (κ1) is 15.4. The van der Waals surface area contributed by atoms with Crippen LogP contribution in [0.1, 0.15) is 31.5 Å². The minimum atomic E-state index is -0.0886. The average Bonchev–Trinajstić information content (AvgIpc) is 2.53. The van der Waals surface area contributed by atoms with Crippen LogP contribution < -0.4 is 4.74 Å². The van der Waals surface area contributed by atoms with Crippen molar-refractivity contribution in [2.45, 2.75) is 33.8 Å². The van der Waals surface area contributed by atoms with Crippen molar-refractivity contribution >= 4 is 0 Å². The molecule has 1 heterocycles. The number of ether oxygens (including phenoxy) is 1. The Balaban J connectivity index is 2.14. The zero-order valence-corrected chi connectivity index (χ0v) is 12.8. The van der Waals surface area contributed by atoms with Crippen LogP contribution in [0.4, 0.5) is 0 Å². The van der Waals surface area contributed by atoms with Crippen LogP contribution in [-0.2, 0) is 6.61 Å². The van der Waals surface area contributed by atoms with E-state index >= 15 is 0 Å². The van der Waals surface area contributed by atoms with Crippen LogP contribution in [0.25, 0.3) is 11.3 Å². The molecule has 2 rings (SSSR count). The molecule has 0 bridgehead atoms. The number of nitrogens with zero attached hydrogens (tertiary/aromatic N) is 2.